The molecule has 0 saturated heterocycles. The summed E-state index contributed by atoms with van der Waals surface area (Å²) in [4.78, 5) is 0. The van der Waals surface area contributed by atoms with Crippen LogP contribution in [0.5, 0.6) is 0 Å². The van der Waals surface area contributed by atoms with Crippen LogP contribution in [0.1, 0.15) is 127 Å². The third-order valence-corrected chi connectivity index (χ3v) is 11.0. The molecule has 2 heteroatoms. The molecular formula is C42H51BO. The lowest BCUT2D eigenvalue weighted by molar-refractivity contribution is 0.414. The van der Waals surface area contributed by atoms with Gasteiger partial charge in [-0.05, 0) is 81.1 Å². The number of hydrogen-bond donors (Lipinski definition) is 1. The molecule has 2 aliphatic rings. The van der Waals surface area contributed by atoms with Gasteiger partial charge in [-0.15, -0.1) is 0 Å². The van der Waals surface area contributed by atoms with Crippen LogP contribution in [-0.2, 0) is 10.8 Å². The van der Waals surface area contributed by atoms with Crippen LogP contribution in [0.3, 0.4) is 0 Å². The summed E-state index contributed by atoms with van der Waals surface area (Å²) in [6.07, 6.45) is 14.3. The van der Waals surface area contributed by atoms with Crippen LogP contribution in [0.25, 0.3) is 22.3 Å². The van der Waals surface area contributed by atoms with Crippen molar-refractivity contribution in [2.45, 2.75) is 116 Å². The second-order valence-corrected chi connectivity index (χ2v) is 13.7. The Bertz CT molecular complexity index is 1460. The van der Waals surface area contributed by atoms with E-state index in [1.54, 1.807) is 0 Å². The first-order chi connectivity index (χ1) is 21.5. The zero-order valence-corrected chi connectivity index (χ0v) is 27.6. The summed E-state index contributed by atoms with van der Waals surface area (Å²) in [5.74, 6) is 0. The van der Waals surface area contributed by atoms with Crippen molar-refractivity contribution in [3.05, 3.63) is 107 Å². The fourth-order valence-electron chi connectivity index (χ4n) is 8.72. The molecule has 1 N–H and O–H groups in total. The Morgan fingerprint density at radius 3 is 1.16 bits per heavy atom. The van der Waals surface area contributed by atoms with Crippen molar-refractivity contribution >= 4 is 17.8 Å². The fourth-order valence-corrected chi connectivity index (χ4v) is 8.72. The van der Waals surface area contributed by atoms with Gasteiger partial charge in [0.1, 0.15) is 0 Å². The molecule has 4 aromatic carbocycles. The molecule has 4 aromatic rings. The second-order valence-electron chi connectivity index (χ2n) is 13.7. The highest BCUT2D eigenvalue weighted by Gasteiger charge is 2.44. The van der Waals surface area contributed by atoms with E-state index < -0.39 is 6.92 Å². The summed E-state index contributed by atoms with van der Waals surface area (Å²) in [6, 6.07) is 32.0. The van der Waals surface area contributed by atoms with Crippen molar-refractivity contribution in [3.8, 4) is 22.3 Å². The summed E-state index contributed by atoms with van der Waals surface area (Å²) in [5.41, 5.74) is 13.5. The average Bonchev–Trinajstić information content (AvgIpc) is 3.51. The summed E-state index contributed by atoms with van der Waals surface area (Å²) in [5, 5.41) is 12.1. The van der Waals surface area contributed by atoms with Gasteiger partial charge in [-0.2, -0.15) is 0 Å². The minimum atomic E-state index is -0.650. The topological polar surface area (TPSA) is 20.2 Å². The largest absolute Gasteiger partial charge is 0.443 e. The van der Waals surface area contributed by atoms with E-state index in [1.165, 1.54) is 122 Å². The van der Waals surface area contributed by atoms with Crippen molar-refractivity contribution in [1.29, 1.82) is 0 Å². The summed E-state index contributed by atoms with van der Waals surface area (Å²) < 4.78 is 0. The SMILES string of the molecule is CCCCC1(CCCC)c2ccccc2-c2ccc(B(O)c3ccc4c(c3)C(CCCC)(CCCC)c3ccccc3-4)cc21. The molecule has 228 valence electrons. The van der Waals surface area contributed by atoms with Gasteiger partial charge in [-0.1, -0.05) is 164 Å². The average molecular weight is 583 g/mol. The van der Waals surface area contributed by atoms with Crippen molar-refractivity contribution < 1.29 is 5.02 Å². The van der Waals surface area contributed by atoms with E-state index in [0.29, 0.717) is 0 Å². The molecule has 6 rings (SSSR count). The van der Waals surface area contributed by atoms with Crippen molar-refractivity contribution in [2.75, 3.05) is 0 Å². The van der Waals surface area contributed by atoms with Crippen molar-refractivity contribution in [2.24, 2.45) is 0 Å². The molecule has 0 aromatic heterocycles. The van der Waals surface area contributed by atoms with Gasteiger partial charge in [0.2, 0.25) is 0 Å². The summed E-state index contributed by atoms with van der Waals surface area (Å²) >= 11 is 0. The molecule has 44 heavy (non-hydrogen) atoms. The van der Waals surface area contributed by atoms with Crippen LogP contribution < -0.4 is 10.9 Å². The maximum absolute atomic E-state index is 12.1. The molecule has 0 aliphatic heterocycles. The molecule has 0 atom stereocenters. The van der Waals surface area contributed by atoms with Crippen LogP contribution in [0.15, 0.2) is 84.9 Å². The van der Waals surface area contributed by atoms with E-state index in [0.717, 1.165) is 10.9 Å². The Labute approximate surface area is 267 Å². The number of rotatable bonds is 14. The van der Waals surface area contributed by atoms with E-state index in [-0.39, 0.29) is 10.8 Å². The first kappa shape index (κ1) is 30.9. The Balaban J connectivity index is 1.44. The molecule has 0 amide bonds. The Morgan fingerprint density at radius 1 is 0.455 bits per heavy atom. The Hall–Kier alpha value is -3.10. The minimum Gasteiger partial charge on any atom is -0.443 e. The van der Waals surface area contributed by atoms with Crippen LogP contribution in [-0.4, -0.2) is 11.9 Å². The number of benzene rings is 4. The third-order valence-electron chi connectivity index (χ3n) is 11.0. The lowest BCUT2D eigenvalue weighted by atomic mass is 9.54. The minimum absolute atomic E-state index is 0.0305. The highest BCUT2D eigenvalue weighted by Crippen LogP contribution is 2.55. The van der Waals surface area contributed by atoms with Gasteiger partial charge >= 0.3 is 6.92 Å². The van der Waals surface area contributed by atoms with Gasteiger partial charge < -0.3 is 5.02 Å². The van der Waals surface area contributed by atoms with Crippen LogP contribution in [0.2, 0.25) is 0 Å². The predicted octanol–water partition coefficient (Wildman–Crippen LogP) is 10.1. The zero-order chi connectivity index (χ0) is 30.7. The first-order valence-corrected chi connectivity index (χ1v) is 17.7. The van der Waals surface area contributed by atoms with Gasteiger partial charge in [0.05, 0.1) is 0 Å². The molecule has 1 nitrogen and oxygen atoms in total. The van der Waals surface area contributed by atoms with Crippen LogP contribution in [0, 0.1) is 0 Å². The standard InChI is InChI=1S/C42H51BO/c1-5-9-25-41(26-10-6-2)37-19-15-13-17-33(37)35-23-21-31(29-39(35)41)43(44)32-22-24-36-34-18-14-16-20-38(34)42(27-11-7-3,28-12-8-4)40(36)30-32/h13-24,29-30,44H,5-12,25-28H2,1-4H3. The first-order valence-electron chi connectivity index (χ1n) is 17.7. The van der Waals surface area contributed by atoms with Crippen LogP contribution in [0.4, 0.5) is 0 Å². The molecule has 0 fully saturated rings. The van der Waals surface area contributed by atoms with E-state index in [2.05, 4.69) is 113 Å². The highest BCUT2D eigenvalue weighted by atomic mass is 16.2. The molecule has 2 aliphatic carbocycles. The Morgan fingerprint density at radius 2 is 0.795 bits per heavy atom. The third kappa shape index (κ3) is 5.08. The van der Waals surface area contributed by atoms with Crippen molar-refractivity contribution in [1.82, 2.24) is 0 Å². The van der Waals surface area contributed by atoms with E-state index in [1.807, 2.05) is 0 Å². The zero-order valence-electron chi connectivity index (χ0n) is 27.6. The maximum Gasteiger partial charge on any atom is 0.358 e. The smallest absolute Gasteiger partial charge is 0.358 e. The summed E-state index contributed by atoms with van der Waals surface area (Å²) in [6.45, 7) is 8.58. The lowest BCUT2D eigenvalue weighted by Gasteiger charge is -2.33. The predicted molar refractivity (Wildman–Crippen MR) is 191 cm³/mol. The van der Waals surface area contributed by atoms with E-state index in [9.17, 15) is 5.02 Å². The monoisotopic (exact) mass is 582 g/mol. The molecule has 0 spiro atoms. The molecular weight excluding hydrogens is 531 g/mol. The van der Waals surface area contributed by atoms with Crippen LogP contribution >= 0.6 is 0 Å². The number of hydrogen-bond acceptors (Lipinski definition) is 1. The normalized spacial score (nSPS) is 15.0. The molecule has 0 heterocycles. The Kier molecular flexibility index (Phi) is 9.20. The highest BCUT2D eigenvalue weighted by molar-refractivity contribution is 6.79. The fraction of sp³-hybridized carbons (Fsp3) is 0.429. The van der Waals surface area contributed by atoms with Gasteiger partial charge in [-0.25, -0.2) is 0 Å². The van der Waals surface area contributed by atoms with Gasteiger partial charge in [0.15, 0.2) is 0 Å². The number of fused-ring (bicyclic) bond motifs is 6. The number of unbranched alkanes of at least 4 members (excludes halogenated alkanes) is 4. The van der Waals surface area contributed by atoms with Gasteiger partial charge in [0, 0.05) is 10.8 Å². The quantitative estimate of drug-likeness (QED) is 0.147. The van der Waals surface area contributed by atoms with Crippen molar-refractivity contribution in [3.63, 3.8) is 0 Å². The molecule has 0 unspecified atom stereocenters. The van der Waals surface area contributed by atoms with Gasteiger partial charge in [-0.3, -0.25) is 0 Å². The van der Waals surface area contributed by atoms with Gasteiger partial charge in [0.25, 0.3) is 0 Å². The molecule has 0 saturated carbocycles. The molecule has 0 radical (unpaired) electrons. The second kappa shape index (κ2) is 13.1. The van der Waals surface area contributed by atoms with E-state index >= 15 is 0 Å². The van der Waals surface area contributed by atoms with E-state index in [4.69, 9.17) is 0 Å². The summed E-state index contributed by atoms with van der Waals surface area (Å²) in [7, 11) is 0. The maximum atomic E-state index is 12.1. The molecule has 0 bridgehead atoms. The lowest BCUT2D eigenvalue weighted by Crippen LogP contribution is -2.43.